The highest BCUT2D eigenvalue weighted by molar-refractivity contribution is 5.76. The summed E-state index contributed by atoms with van der Waals surface area (Å²) in [5.74, 6) is -0.306. The molecule has 3 fully saturated rings. The summed E-state index contributed by atoms with van der Waals surface area (Å²) < 4.78 is 34.2. The summed E-state index contributed by atoms with van der Waals surface area (Å²) in [6, 6.07) is -0.990. The van der Waals surface area contributed by atoms with Crippen molar-refractivity contribution in [2.75, 3.05) is 26.4 Å². The van der Waals surface area contributed by atoms with Gasteiger partial charge in [-0.15, -0.1) is 0 Å². The first kappa shape index (κ1) is 70.2. The lowest BCUT2D eigenvalue weighted by Gasteiger charge is -2.48. The second kappa shape index (κ2) is 42.7. The molecule has 0 radical (unpaired) electrons. The Bertz CT molecular complexity index is 1770. The van der Waals surface area contributed by atoms with Crippen LogP contribution in [0.5, 0.6) is 0 Å². The summed E-state index contributed by atoms with van der Waals surface area (Å²) in [6.07, 6.45) is 24.3. The summed E-state index contributed by atoms with van der Waals surface area (Å²) in [5.41, 5.74) is 0. The fourth-order valence-corrected chi connectivity index (χ4v) is 9.37. The third kappa shape index (κ3) is 26.8. The van der Waals surface area contributed by atoms with E-state index in [4.69, 9.17) is 28.4 Å². The quantitative estimate of drug-likeness (QED) is 0.0289. The standard InChI is InChI=1S/C60H101NO18/c1-3-5-7-9-11-13-15-16-17-18-19-20-21-22-23-24-25-26-28-30-32-34-36-38-48(66)61-43(44(65)37-35-33-31-29-27-14-12-10-8-6-4-2)42-74-58-54(72)51(69)56(46(40-63)76-58)79-60-55(73)52(70)57(47(41-64)77-60)78-59-53(71)50(68)49(67)45(39-62)75-59/h5,7,11,13,16-17,19-20,22-23,25-26,35,37,43-47,49-60,62-65,67-73H,3-4,6,8-10,12,14-15,18,21,24,27-34,36,38-42H2,1-2H3,(H,61,66)/b7-5-,13-11-,17-16-,20-19-,23-22-,26-25-,37-35+. The molecule has 0 aromatic carbocycles. The van der Waals surface area contributed by atoms with E-state index in [0.717, 1.165) is 89.9 Å². The molecular formula is C60H101NO18. The molecule has 0 aromatic heterocycles. The van der Waals surface area contributed by atoms with Crippen molar-refractivity contribution in [3.05, 3.63) is 85.1 Å². The lowest BCUT2D eigenvalue weighted by atomic mass is 9.96. The zero-order valence-electron chi connectivity index (χ0n) is 47.1. The van der Waals surface area contributed by atoms with Crippen LogP contribution in [0.1, 0.15) is 155 Å². The zero-order chi connectivity index (χ0) is 57.6. The average Bonchev–Trinajstić information content (AvgIpc) is 3.49. The Morgan fingerprint density at radius 2 is 0.873 bits per heavy atom. The molecular weight excluding hydrogens is 1020 g/mol. The van der Waals surface area contributed by atoms with Crippen LogP contribution >= 0.6 is 0 Å². The number of allylic oxidation sites excluding steroid dienone is 13. The van der Waals surface area contributed by atoms with Crippen molar-refractivity contribution in [2.45, 2.75) is 259 Å². The molecule has 3 rings (SSSR count). The van der Waals surface area contributed by atoms with Crippen molar-refractivity contribution in [2.24, 2.45) is 0 Å². The van der Waals surface area contributed by atoms with Crippen LogP contribution in [0, 0.1) is 0 Å². The molecule has 3 aliphatic rings. The third-order valence-corrected chi connectivity index (χ3v) is 14.2. The number of hydrogen-bond acceptors (Lipinski definition) is 18. The Morgan fingerprint density at radius 1 is 0.468 bits per heavy atom. The highest BCUT2D eigenvalue weighted by Gasteiger charge is 2.53. The number of amides is 1. The van der Waals surface area contributed by atoms with E-state index in [1.165, 1.54) is 38.5 Å². The van der Waals surface area contributed by atoms with Crippen LogP contribution in [0.4, 0.5) is 0 Å². The van der Waals surface area contributed by atoms with Gasteiger partial charge in [-0.3, -0.25) is 4.79 Å². The van der Waals surface area contributed by atoms with Crippen LogP contribution in [0.15, 0.2) is 85.1 Å². The van der Waals surface area contributed by atoms with Crippen LogP contribution in [0.25, 0.3) is 0 Å². The molecule has 17 unspecified atom stereocenters. The van der Waals surface area contributed by atoms with E-state index < -0.39 is 124 Å². The van der Waals surface area contributed by atoms with Crippen molar-refractivity contribution >= 4 is 5.91 Å². The van der Waals surface area contributed by atoms with Crippen LogP contribution in [0.2, 0.25) is 0 Å². The van der Waals surface area contributed by atoms with Crippen LogP contribution < -0.4 is 5.32 Å². The maximum Gasteiger partial charge on any atom is 0.220 e. The van der Waals surface area contributed by atoms with E-state index >= 15 is 0 Å². The first-order valence-corrected chi connectivity index (χ1v) is 29.3. The monoisotopic (exact) mass is 1120 g/mol. The molecule has 17 atom stereocenters. The van der Waals surface area contributed by atoms with Gasteiger partial charge in [0.2, 0.25) is 5.91 Å². The van der Waals surface area contributed by atoms with Gasteiger partial charge in [0.25, 0.3) is 0 Å². The van der Waals surface area contributed by atoms with Gasteiger partial charge in [-0.05, 0) is 70.6 Å². The van der Waals surface area contributed by atoms with Crippen molar-refractivity contribution in [1.29, 1.82) is 0 Å². The minimum Gasteiger partial charge on any atom is -0.394 e. The number of carbonyl (C=O) groups is 1. The van der Waals surface area contributed by atoms with E-state index in [-0.39, 0.29) is 18.9 Å². The largest absolute Gasteiger partial charge is 0.394 e. The molecule has 454 valence electrons. The average molecular weight is 1120 g/mol. The molecule has 0 saturated carbocycles. The minimum atomic E-state index is -1.98. The molecule has 19 heteroatoms. The fourth-order valence-electron chi connectivity index (χ4n) is 9.37. The Labute approximate surface area is 470 Å². The van der Waals surface area contributed by atoms with Gasteiger partial charge in [-0.2, -0.15) is 0 Å². The molecule has 0 aliphatic carbocycles. The zero-order valence-corrected chi connectivity index (χ0v) is 47.1. The number of aliphatic hydroxyl groups is 11. The summed E-state index contributed by atoms with van der Waals surface area (Å²) in [6.45, 7) is 1.53. The fraction of sp³-hybridized carbons (Fsp3) is 0.750. The summed E-state index contributed by atoms with van der Waals surface area (Å²) in [5, 5.41) is 120. The number of nitrogens with one attached hydrogen (secondary N) is 1. The molecule has 1 amide bonds. The second-order valence-electron chi connectivity index (χ2n) is 20.7. The topological polar surface area (TPSA) is 307 Å². The van der Waals surface area contributed by atoms with E-state index in [1.54, 1.807) is 6.08 Å². The molecule has 0 bridgehead atoms. The highest BCUT2D eigenvalue weighted by Crippen LogP contribution is 2.33. The maximum absolute atomic E-state index is 13.3. The van der Waals surface area contributed by atoms with Crippen molar-refractivity contribution in [3.8, 4) is 0 Å². The molecule has 0 aromatic rings. The van der Waals surface area contributed by atoms with E-state index in [2.05, 4.69) is 92.1 Å². The number of ether oxygens (including phenoxy) is 6. The normalized spacial score (nSPS) is 30.9. The molecule has 12 N–H and O–H groups in total. The number of aliphatic hydroxyl groups excluding tert-OH is 11. The predicted octanol–water partition coefficient (Wildman–Crippen LogP) is 4.81. The van der Waals surface area contributed by atoms with E-state index in [1.807, 2.05) is 6.08 Å². The van der Waals surface area contributed by atoms with Gasteiger partial charge in [0, 0.05) is 6.42 Å². The van der Waals surface area contributed by atoms with Gasteiger partial charge in [0.15, 0.2) is 18.9 Å². The molecule has 3 aliphatic heterocycles. The number of hydrogen-bond donors (Lipinski definition) is 12. The number of carbonyl (C=O) groups excluding carboxylic acids is 1. The Hall–Kier alpha value is -3.03. The predicted molar refractivity (Wildman–Crippen MR) is 300 cm³/mol. The van der Waals surface area contributed by atoms with Crippen LogP contribution in [-0.2, 0) is 33.2 Å². The lowest BCUT2D eigenvalue weighted by molar-refractivity contribution is -0.379. The van der Waals surface area contributed by atoms with Gasteiger partial charge >= 0.3 is 0 Å². The smallest absolute Gasteiger partial charge is 0.220 e. The highest BCUT2D eigenvalue weighted by atomic mass is 16.8. The number of rotatable bonds is 41. The van der Waals surface area contributed by atoms with Crippen molar-refractivity contribution in [1.82, 2.24) is 5.32 Å². The maximum atomic E-state index is 13.3. The first-order valence-electron chi connectivity index (χ1n) is 29.3. The van der Waals surface area contributed by atoms with Gasteiger partial charge in [0.05, 0.1) is 38.6 Å². The van der Waals surface area contributed by atoms with Gasteiger partial charge < -0.3 is 89.9 Å². The molecule has 3 saturated heterocycles. The summed E-state index contributed by atoms with van der Waals surface area (Å²) in [7, 11) is 0. The van der Waals surface area contributed by atoms with Crippen molar-refractivity contribution in [3.63, 3.8) is 0 Å². The summed E-state index contributed by atoms with van der Waals surface area (Å²) in [4.78, 5) is 13.3. The van der Waals surface area contributed by atoms with Gasteiger partial charge in [-0.1, -0.05) is 163 Å². The Kier molecular flexibility index (Phi) is 38.0. The molecule has 79 heavy (non-hydrogen) atoms. The molecule has 0 spiro atoms. The van der Waals surface area contributed by atoms with Gasteiger partial charge in [0.1, 0.15) is 73.2 Å². The first-order chi connectivity index (χ1) is 38.3. The third-order valence-electron chi connectivity index (χ3n) is 14.2. The van der Waals surface area contributed by atoms with Gasteiger partial charge in [-0.25, -0.2) is 0 Å². The molecule has 19 nitrogen and oxygen atoms in total. The van der Waals surface area contributed by atoms with E-state index in [9.17, 15) is 61.0 Å². The van der Waals surface area contributed by atoms with E-state index in [0.29, 0.717) is 6.42 Å². The lowest BCUT2D eigenvalue weighted by Crippen LogP contribution is -2.66. The Balaban J connectivity index is 1.49. The molecule has 3 heterocycles. The minimum absolute atomic E-state index is 0.208. The van der Waals surface area contributed by atoms with Crippen LogP contribution in [-0.4, -0.2) is 193 Å². The second-order valence-corrected chi connectivity index (χ2v) is 20.7. The SMILES string of the molecule is CC/C=C\C/C=C\C/C=C\C/C=C\C/C=C\C/C=C\CCCCCCC(=O)NC(COC1OC(CO)C(OC2OC(CO)C(OC3OC(CO)C(O)C(O)C3O)C(O)C2O)C(O)C1O)C(O)/C=C/CCCCCCCCCCC. The number of unbranched alkanes of at least 4 members (excludes halogenated alkanes) is 13. The Morgan fingerprint density at radius 3 is 1.37 bits per heavy atom. The summed E-state index contributed by atoms with van der Waals surface area (Å²) >= 11 is 0. The van der Waals surface area contributed by atoms with Crippen LogP contribution in [0.3, 0.4) is 0 Å². The van der Waals surface area contributed by atoms with Crippen molar-refractivity contribution < 1.29 is 89.4 Å².